The average molecular weight is 269 g/mol. The number of unbranched alkanes of at least 4 members (excludes halogenated alkanes) is 1. The molecule has 1 aromatic heterocycles. The van der Waals surface area contributed by atoms with Gasteiger partial charge in [-0.15, -0.1) is 0 Å². The van der Waals surface area contributed by atoms with Gasteiger partial charge >= 0.3 is 6.09 Å². The van der Waals surface area contributed by atoms with Crippen LogP contribution in [0.15, 0.2) is 6.07 Å². The Morgan fingerprint density at radius 2 is 2.22 bits per heavy atom. The zero-order valence-electron chi connectivity index (χ0n) is 11.3. The number of carbonyl (C=O) groups is 1. The highest BCUT2D eigenvalue weighted by molar-refractivity contribution is 7.71. The number of aromatic nitrogens is 2. The highest BCUT2D eigenvalue weighted by Gasteiger charge is 2.11. The molecule has 0 saturated heterocycles. The van der Waals surface area contributed by atoms with Crippen molar-refractivity contribution >= 4 is 18.3 Å². The zero-order chi connectivity index (χ0) is 13.7. The fourth-order valence-corrected chi connectivity index (χ4v) is 1.71. The largest absolute Gasteiger partial charge is 0.415 e. The Morgan fingerprint density at radius 3 is 2.78 bits per heavy atom. The highest BCUT2D eigenvalue weighted by atomic mass is 32.1. The second kappa shape index (κ2) is 6.49. The molecule has 0 aromatic carbocycles. The third-order valence-corrected chi connectivity index (χ3v) is 2.71. The standard InChI is InChI=1S/C12H19N3O2S/c1-5-6-7-15-10(17-12(16)14(3)4)8-9(2)13-11(15)18/h8H,5-7H2,1-4H3. The minimum atomic E-state index is -0.416. The molecule has 100 valence electrons. The van der Waals surface area contributed by atoms with Gasteiger partial charge < -0.3 is 9.64 Å². The van der Waals surface area contributed by atoms with Gasteiger partial charge in [0.05, 0.1) is 0 Å². The lowest BCUT2D eigenvalue weighted by Crippen LogP contribution is -2.27. The molecule has 0 saturated carbocycles. The lowest BCUT2D eigenvalue weighted by atomic mass is 10.3. The van der Waals surface area contributed by atoms with Crippen molar-refractivity contribution in [3.63, 3.8) is 0 Å². The van der Waals surface area contributed by atoms with Crippen LogP contribution in [-0.2, 0) is 6.54 Å². The fourth-order valence-electron chi connectivity index (χ4n) is 1.38. The molecule has 0 N–H and O–H groups in total. The molecule has 0 fully saturated rings. The molecule has 18 heavy (non-hydrogen) atoms. The van der Waals surface area contributed by atoms with Crippen LogP contribution in [0, 0.1) is 11.7 Å². The first kappa shape index (κ1) is 14.6. The molecule has 0 aliphatic carbocycles. The summed E-state index contributed by atoms with van der Waals surface area (Å²) in [6.45, 7) is 4.63. The number of rotatable bonds is 4. The maximum atomic E-state index is 11.6. The second-order valence-corrected chi connectivity index (χ2v) is 4.65. The summed E-state index contributed by atoms with van der Waals surface area (Å²) in [5, 5.41) is 0. The fraction of sp³-hybridized carbons (Fsp3) is 0.583. The van der Waals surface area contributed by atoms with Gasteiger partial charge in [0.15, 0.2) is 0 Å². The summed E-state index contributed by atoms with van der Waals surface area (Å²) < 4.78 is 7.52. The molecule has 0 aliphatic heterocycles. The van der Waals surface area contributed by atoms with E-state index in [-0.39, 0.29) is 0 Å². The maximum Gasteiger partial charge on any atom is 0.415 e. The summed E-state index contributed by atoms with van der Waals surface area (Å²) in [7, 11) is 3.28. The van der Waals surface area contributed by atoms with Gasteiger partial charge in [0.1, 0.15) is 0 Å². The second-order valence-electron chi connectivity index (χ2n) is 4.29. The number of amides is 1. The first-order valence-corrected chi connectivity index (χ1v) is 6.34. The van der Waals surface area contributed by atoms with E-state index in [1.165, 1.54) is 4.90 Å². The third kappa shape index (κ3) is 3.80. The quantitative estimate of drug-likeness (QED) is 0.789. The smallest absolute Gasteiger partial charge is 0.393 e. The molecule has 0 unspecified atom stereocenters. The van der Waals surface area contributed by atoms with Crippen molar-refractivity contribution in [3.05, 3.63) is 16.5 Å². The minimum absolute atomic E-state index is 0.416. The Kier molecular flexibility index (Phi) is 5.27. The molecule has 0 atom stereocenters. The number of hydrogen-bond donors (Lipinski definition) is 0. The van der Waals surface area contributed by atoms with Gasteiger partial charge in [-0.05, 0) is 25.6 Å². The van der Waals surface area contributed by atoms with Gasteiger partial charge in [0.2, 0.25) is 10.7 Å². The summed E-state index contributed by atoms with van der Waals surface area (Å²) in [6.07, 6.45) is 1.59. The van der Waals surface area contributed by atoms with E-state index in [1.807, 2.05) is 6.92 Å². The Morgan fingerprint density at radius 1 is 1.56 bits per heavy atom. The Balaban J connectivity index is 3.07. The summed E-state index contributed by atoms with van der Waals surface area (Å²) in [5.41, 5.74) is 0.745. The van der Waals surface area contributed by atoms with Crippen LogP contribution in [-0.4, -0.2) is 34.6 Å². The monoisotopic (exact) mass is 269 g/mol. The molecule has 0 spiro atoms. The van der Waals surface area contributed by atoms with Crippen LogP contribution >= 0.6 is 12.2 Å². The molecule has 1 aromatic rings. The van der Waals surface area contributed by atoms with Gasteiger partial charge in [0.25, 0.3) is 0 Å². The predicted octanol–water partition coefficient (Wildman–Crippen LogP) is 2.78. The number of aryl methyl sites for hydroxylation is 1. The number of nitrogens with zero attached hydrogens (tertiary/aromatic N) is 3. The van der Waals surface area contributed by atoms with E-state index >= 15 is 0 Å². The van der Waals surface area contributed by atoms with Crippen molar-refractivity contribution in [1.29, 1.82) is 0 Å². The Hall–Kier alpha value is -1.43. The van der Waals surface area contributed by atoms with Crippen LogP contribution < -0.4 is 4.74 Å². The third-order valence-electron chi connectivity index (χ3n) is 2.39. The van der Waals surface area contributed by atoms with Crippen molar-refractivity contribution in [2.24, 2.45) is 0 Å². The summed E-state index contributed by atoms with van der Waals surface area (Å²) in [5.74, 6) is 0.458. The van der Waals surface area contributed by atoms with E-state index < -0.39 is 6.09 Å². The van der Waals surface area contributed by atoms with Crippen molar-refractivity contribution in [1.82, 2.24) is 14.5 Å². The van der Waals surface area contributed by atoms with Crippen molar-refractivity contribution in [2.45, 2.75) is 33.2 Å². The van der Waals surface area contributed by atoms with Crippen LogP contribution in [0.2, 0.25) is 0 Å². The maximum absolute atomic E-state index is 11.6. The van der Waals surface area contributed by atoms with Crippen LogP contribution in [0.5, 0.6) is 5.88 Å². The van der Waals surface area contributed by atoms with Crippen molar-refractivity contribution in [2.75, 3.05) is 14.1 Å². The highest BCUT2D eigenvalue weighted by Crippen LogP contribution is 2.15. The summed E-state index contributed by atoms with van der Waals surface area (Å²) >= 11 is 5.21. The van der Waals surface area contributed by atoms with Crippen molar-refractivity contribution in [3.8, 4) is 5.88 Å². The van der Waals surface area contributed by atoms with Gasteiger partial charge in [0, 0.05) is 32.4 Å². The van der Waals surface area contributed by atoms with Crippen molar-refractivity contribution < 1.29 is 9.53 Å². The minimum Gasteiger partial charge on any atom is -0.393 e. The molecule has 1 amide bonds. The first-order valence-electron chi connectivity index (χ1n) is 5.93. The van der Waals surface area contributed by atoms with Gasteiger partial charge in [-0.1, -0.05) is 13.3 Å². The van der Waals surface area contributed by atoms with Crippen LogP contribution in [0.4, 0.5) is 4.79 Å². The van der Waals surface area contributed by atoms with E-state index in [2.05, 4.69) is 11.9 Å². The molecule has 5 nitrogen and oxygen atoms in total. The topological polar surface area (TPSA) is 47.4 Å². The molecule has 0 bridgehead atoms. The SMILES string of the molecule is CCCCn1c(OC(=O)N(C)C)cc(C)nc1=S. The molecule has 1 heterocycles. The average Bonchev–Trinajstić information content (AvgIpc) is 2.27. The summed E-state index contributed by atoms with van der Waals surface area (Å²) in [6, 6.07) is 1.73. The molecular formula is C12H19N3O2S. The molecule has 0 aliphatic rings. The summed E-state index contributed by atoms with van der Waals surface area (Å²) in [4.78, 5) is 17.2. The number of hydrogen-bond acceptors (Lipinski definition) is 4. The first-order chi connectivity index (χ1) is 8.45. The zero-order valence-corrected chi connectivity index (χ0v) is 12.1. The lowest BCUT2D eigenvalue weighted by Gasteiger charge is -2.16. The van der Waals surface area contributed by atoms with Gasteiger partial charge in [-0.2, -0.15) is 0 Å². The van der Waals surface area contributed by atoms with Crippen LogP contribution in [0.25, 0.3) is 0 Å². The van der Waals surface area contributed by atoms with E-state index in [0.717, 1.165) is 18.5 Å². The van der Waals surface area contributed by atoms with Crippen LogP contribution in [0.1, 0.15) is 25.5 Å². The van der Waals surface area contributed by atoms with E-state index in [4.69, 9.17) is 17.0 Å². The van der Waals surface area contributed by atoms with Crippen LogP contribution in [0.3, 0.4) is 0 Å². The molecule has 0 radical (unpaired) electrons. The number of carbonyl (C=O) groups excluding carboxylic acids is 1. The lowest BCUT2D eigenvalue weighted by molar-refractivity contribution is 0.167. The number of ether oxygens (including phenoxy) is 1. The van der Waals surface area contributed by atoms with E-state index in [0.29, 0.717) is 17.2 Å². The van der Waals surface area contributed by atoms with E-state index in [9.17, 15) is 4.79 Å². The normalized spacial score (nSPS) is 10.2. The Bertz CT molecular complexity index is 483. The van der Waals surface area contributed by atoms with Gasteiger partial charge in [-0.25, -0.2) is 9.78 Å². The Labute approximate surface area is 112 Å². The van der Waals surface area contributed by atoms with Gasteiger partial charge in [-0.3, -0.25) is 4.57 Å². The molecular weight excluding hydrogens is 250 g/mol. The predicted molar refractivity (Wildman–Crippen MR) is 72.4 cm³/mol. The molecule has 1 rings (SSSR count). The van der Waals surface area contributed by atoms with E-state index in [1.54, 1.807) is 24.7 Å². The molecule has 6 heteroatoms.